The van der Waals surface area contributed by atoms with Crippen molar-refractivity contribution < 1.29 is 21.6 Å². The van der Waals surface area contributed by atoms with Gasteiger partial charge in [-0.1, -0.05) is 6.92 Å². The number of hydrogen-bond acceptors (Lipinski definition) is 5. The van der Waals surface area contributed by atoms with Crippen molar-refractivity contribution in [3.8, 4) is 0 Å². The summed E-state index contributed by atoms with van der Waals surface area (Å²) < 4.78 is 49.8. The van der Waals surface area contributed by atoms with Crippen molar-refractivity contribution in [1.29, 1.82) is 0 Å². The Morgan fingerprint density at radius 3 is 1.89 bits per heavy atom. The summed E-state index contributed by atoms with van der Waals surface area (Å²) in [5.74, 6) is -0.435. The lowest BCUT2D eigenvalue weighted by molar-refractivity contribution is 0.102. The minimum atomic E-state index is -3.59. The fraction of sp³-hybridized carbons (Fsp3) is 0.316. The molecule has 0 spiro atoms. The molecule has 0 saturated carbocycles. The first-order valence-electron chi connectivity index (χ1n) is 8.71. The molecule has 1 N–H and O–H groups in total. The summed E-state index contributed by atoms with van der Waals surface area (Å²) in [4.78, 5) is 12.6. The lowest BCUT2D eigenvalue weighted by Crippen LogP contribution is -2.33. The molecule has 2 rings (SSSR count). The third kappa shape index (κ3) is 4.78. The molecular formula is C19H24N2O5S2. The topological polar surface area (TPSA) is 101 Å². The number of rotatable bonds is 7. The number of sulfonamides is 1. The van der Waals surface area contributed by atoms with Gasteiger partial charge in [0.05, 0.1) is 15.5 Å². The maximum absolute atomic E-state index is 12.5. The highest BCUT2D eigenvalue weighted by Gasteiger charge is 2.23. The monoisotopic (exact) mass is 424 g/mol. The van der Waals surface area contributed by atoms with E-state index in [1.165, 1.54) is 59.9 Å². The van der Waals surface area contributed by atoms with E-state index in [2.05, 4.69) is 5.32 Å². The number of amides is 1. The number of benzene rings is 2. The Morgan fingerprint density at radius 2 is 1.43 bits per heavy atom. The van der Waals surface area contributed by atoms with Crippen LogP contribution < -0.4 is 5.32 Å². The summed E-state index contributed by atoms with van der Waals surface area (Å²) in [6.07, 6.45) is 0. The average Bonchev–Trinajstić information content (AvgIpc) is 2.67. The number of sulfone groups is 1. The molecule has 0 unspecified atom stereocenters. The number of hydrogen-bond donors (Lipinski definition) is 1. The molecule has 0 aliphatic rings. The van der Waals surface area contributed by atoms with Gasteiger partial charge in [-0.2, -0.15) is 4.31 Å². The number of nitrogens with one attached hydrogen (secondary N) is 1. The van der Waals surface area contributed by atoms with E-state index >= 15 is 0 Å². The first-order chi connectivity index (χ1) is 13.0. The Morgan fingerprint density at radius 1 is 0.929 bits per heavy atom. The zero-order chi connectivity index (χ0) is 21.1. The third-order valence-electron chi connectivity index (χ3n) is 4.37. The van der Waals surface area contributed by atoms with Gasteiger partial charge in [-0.25, -0.2) is 16.8 Å². The molecule has 0 fully saturated rings. The normalized spacial score (nSPS) is 12.4. The maximum atomic E-state index is 12.5. The molecule has 28 heavy (non-hydrogen) atoms. The predicted molar refractivity (Wildman–Crippen MR) is 109 cm³/mol. The van der Waals surface area contributed by atoms with Crippen LogP contribution in [0.3, 0.4) is 0 Å². The number of nitrogens with zero attached hydrogens (tertiary/aromatic N) is 1. The third-order valence-corrected chi connectivity index (χ3v) is 8.17. The van der Waals surface area contributed by atoms with Gasteiger partial charge >= 0.3 is 0 Å². The van der Waals surface area contributed by atoms with Crippen LogP contribution in [-0.2, 0) is 19.9 Å². The van der Waals surface area contributed by atoms with Gasteiger partial charge in [-0.3, -0.25) is 4.79 Å². The van der Waals surface area contributed by atoms with Crippen molar-refractivity contribution in [2.24, 2.45) is 0 Å². The minimum absolute atomic E-state index is 0.0141. The van der Waals surface area contributed by atoms with Gasteiger partial charge in [-0.15, -0.1) is 0 Å². The number of carbonyl (C=O) groups is 1. The molecule has 0 saturated heterocycles. The zero-order valence-electron chi connectivity index (χ0n) is 16.2. The molecule has 2 aromatic rings. The molecule has 9 heteroatoms. The van der Waals surface area contributed by atoms with Crippen LogP contribution in [0, 0.1) is 0 Å². The molecule has 0 radical (unpaired) electrons. The quantitative estimate of drug-likeness (QED) is 0.737. The molecule has 2 aromatic carbocycles. The van der Waals surface area contributed by atoms with E-state index in [0.717, 1.165) is 0 Å². The van der Waals surface area contributed by atoms with E-state index in [1.807, 2.05) is 0 Å². The van der Waals surface area contributed by atoms with Crippen molar-refractivity contribution >= 4 is 31.5 Å². The van der Waals surface area contributed by atoms with Gasteiger partial charge in [0.25, 0.3) is 5.91 Å². The van der Waals surface area contributed by atoms with Gasteiger partial charge in [0.2, 0.25) is 10.0 Å². The number of carbonyl (C=O) groups excluding carboxylic acids is 1. The van der Waals surface area contributed by atoms with Crippen molar-refractivity contribution in [2.45, 2.75) is 36.6 Å². The van der Waals surface area contributed by atoms with Crippen molar-refractivity contribution in [3.63, 3.8) is 0 Å². The zero-order valence-corrected chi connectivity index (χ0v) is 17.8. The molecule has 1 amide bonds. The van der Waals surface area contributed by atoms with E-state index in [9.17, 15) is 21.6 Å². The molecule has 0 heterocycles. The van der Waals surface area contributed by atoms with E-state index in [4.69, 9.17) is 0 Å². The second-order valence-electron chi connectivity index (χ2n) is 6.52. The molecule has 0 atom stereocenters. The first kappa shape index (κ1) is 22.1. The van der Waals surface area contributed by atoms with Crippen LogP contribution in [0.5, 0.6) is 0 Å². The van der Waals surface area contributed by atoms with E-state index in [0.29, 0.717) is 11.3 Å². The summed E-state index contributed by atoms with van der Waals surface area (Å²) in [7, 11) is -5.41. The summed E-state index contributed by atoms with van der Waals surface area (Å²) in [6.45, 7) is 5.12. The Labute approximate surface area is 166 Å². The van der Waals surface area contributed by atoms with Crippen LogP contribution in [0.2, 0.25) is 0 Å². The van der Waals surface area contributed by atoms with Crippen LogP contribution in [0.4, 0.5) is 5.69 Å². The second kappa shape index (κ2) is 8.42. The van der Waals surface area contributed by atoms with Gasteiger partial charge < -0.3 is 5.32 Å². The lowest BCUT2D eigenvalue weighted by Gasteiger charge is -2.21. The highest BCUT2D eigenvalue weighted by atomic mass is 32.2. The summed E-state index contributed by atoms with van der Waals surface area (Å²) >= 11 is 0. The molecule has 0 bridgehead atoms. The molecule has 0 aromatic heterocycles. The SMILES string of the molecule is CCS(=O)(=O)c1ccc(C(=O)Nc2ccc(S(=O)(=O)N(C)C(C)C)cc2)cc1. The summed E-state index contributed by atoms with van der Waals surface area (Å²) in [6, 6.07) is 11.4. The van der Waals surface area contributed by atoms with Gasteiger partial charge in [0.1, 0.15) is 0 Å². The molecule has 0 aliphatic carbocycles. The predicted octanol–water partition coefficient (Wildman–Crippen LogP) is 2.76. The highest BCUT2D eigenvalue weighted by Crippen LogP contribution is 2.20. The van der Waals surface area contributed by atoms with E-state index in [1.54, 1.807) is 20.8 Å². The van der Waals surface area contributed by atoms with Gasteiger partial charge in [-0.05, 0) is 62.4 Å². The average molecular weight is 425 g/mol. The molecule has 7 nitrogen and oxygen atoms in total. The Balaban J connectivity index is 2.15. The largest absolute Gasteiger partial charge is 0.322 e. The molecule has 152 valence electrons. The Hall–Kier alpha value is -2.23. The van der Waals surface area contributed by atoms with Crippen LogP contribution in [0.1, 0.15) is 31.1 Å². The Bertz CT molecular complexity index is 1040. The van der Waals surface area contributed by atoms with Gasteiger partial charge in [0, 0.05) is 24.3 Å². The fourth-order valence-corrected chi connectivity index (χ4v) is 4.59. The lowest BCUT2D eigenvalue weighted by atomic mass is 10.2. The smallest absolute Gasteiger partial charge is 0.255 e. The summed E-state index contributed by atoms with van der Waals surface area (Å²) in [5.41, 5.74) is 0.729. The first-order valence-corrected chi connectivity index (χ1v) is 11.8. The van der Waals surface area contributed by atoms with Crippen LogP contribution in [0.15, 0.2) is 58.3 Å². The van der Waals surface area contributed by atoms with Crippen LogP contribution in [-0.4, -0.2) is 45.9 Å². The summed E-state index contributed by atoms with van der Waals surface area (Å²) in [5, 5.41) is 2.66. The van der Waals surface area contributed by atoms with Crippen molar-refractivity contribution in [1.82, 2.24) is 4.31 Å². The standard InChI is InChI=1S/C19H24N2O5S2/c1-5-27(23,24)17-10-6-15(7-11-17)19(22)20-16-8-12-18(13-9-16)28(25,26)21(4)14(2)3/h6-14H,5H2,1-4H3,(H,20,22). The van der Waals surface area contributed by atoms with E-state index < -0.39 is 25.8 Å². The van der Waals surface area contributed by atoms with Crippen molar-refractivity contribution in [2.75, 3.05) is 18.1 Å². The molecular weight excluding hydrogens is 400 g/mol. The molecule has 0 aliphatic heterocycles. The highest BCUT2D eigenvalue weighted by molar-refractivity contribution is 7.91. The van der Waals surface area contributed by atoms with Crippen LogP contribution in [0.25, 0.3) is 0 Å². The minimum Gasteiger partial charge on any atom is -0.322 e. The fourth-order valence-electron chi connectivity index (χ4n) is 2.34. The second-order valence-corrected chi connectivity index (χ2v) is 10.8. The van der Waals surface area contributed by atoms with Crippen LogP contribution >= 0.6 is 0 Å². The number of anilines is 1. The maximum Gasteiger partial charge on any atom is 0.255 e. The Kier molecular flexibility index (Phi) is 6.63. The van der Waals surface area contributed by atoms with Gasteiger partial charge in [0.15, 0.2) is 9.84 Å². The van der Waals surface area contributed by atoms with E-state index in [-0.39, 0.29) is 21.6 Å². The van der Waals surface area contributed by atoms with Crippen molar-refractivity contribution in [3.05, 3.63) is 54.1 Å².